The van der Waals surface area contributed by atoms with Crippen molar-refractivity contribution < 1.29 is 4.74 Å². The van der Waals surface area contributed by atoms with Crippen LogP contribution in [0.4, 0.5) is 0 Å². The third-order valence-electron chi connectivity index (χ3n) is 4.86. The topological polar surface area (TPSA) is 65.7 Å². The first-order valence-corrected chi connectivity index (χ1v) is 9.72. The number of aromatic nitrogens is 5. The largest absolute Gasteiger partial charge is 0.473 e. The van der Waals surface area contributed by atoms with Gasteiger partial charge in [0.1, 0.15) is 11.9 Å². The molecule has 1 saturated carbocycles. The zero-order chi connectivity index (χ0) is 19.2. The van der Waals surface area contributed by atoms with Crippen molar-refractivity contribution in [2.45, 2.75) is 58.6 Å². The zero-order valence-corrected chi connectivity index (χ0v) is 16.9. The third-order valence-corrected chi connectivity index (χ3v) is 5.23. The van der Waals surface area contributed by atoms with E-state index in [0.29, 0.717) is 34.5 Å². The molecule has 4 rings (SSSR count). The third kappa shape index (κ3) is 3.76. The Morgan fingerprint density at radius 2 is 1.96 bits per heavy atom. The van der Waals surface area contributed by atoms with Gasteiger partial charge in [-0.15, -0.1) is 5.10 Å². The summed E-state index contributed by atoms with van der Waals surface area (Å²) in [6, 6.07) is 7.73. The van der Waals surface area contributed by atoms with E-state index in [1.165, 1.54) is 12.8 Å². The van der Waals surface area contributed by atoms with Crippen molar-refractivity contribution in [3.63, 3.8) is 0 Å². The maximum atomic E-state index is 6.32. The fourth-order valence-electron chi connectivity index (χ4n) is 2.98. The van der Waals surface area contributed by atoms with E-state index in [-0.39, 0.29) is 11.5 Å². The van der Waals surface area contributed by atoms with Crippen LogP contribution in [0.1, 0.15) is 51.9 Å². The summed E-state index contributed by atoms with van der Waals surface area (Å²) < 4.78 is 7.95. The van der Waals surface area contributed by atoms with Gasteiger partial charge in [-0.2, -0.15) is 4.98 Å². The number of ether oxygens (including phenoxy) is 1. The van der Waals surface area contributed by atoms with Gasteiger partial charge in [0.2, 0.25) is 5.88 Å². The van der Waals surface area contributed by atoms with Gasteiger partial charge in [0.15, 0.2) is 11.2 Å². The monoisotopic (exact) mass is 385 g/mol. The van der Waals surface area contributed by atoms with Crippen molar-refractivity contribution >= 4 is 22.8 Å². The Balaban J connectivity index is 1.78. The van der Waals surface area contributed by atoms with Crippen molar-refractivity contribution in [3.05, 3.63) is 40.7 Å². The highest BCUT2D eigenvalue weighted by molar-refractivity contribution is 6.31. The molecule has 0 radical (unpaired) electrons. The molecule has 0 aliphatic heterocycles. The van der Waals surface area contributed by atoms with Crippen LogP contribution in [0.2, 0.25) is 5.02 Å². The molecule has 7 heteroatoms. The van der Waals surface area contributed by atoms with Crippen LogP contribution in [0.3, 0.4) is 0 Å². The molecule has 0 bridgehead atoms. The molecule has 1 aromatic carbocycles. The molecule has 2 aromatic heterocycles. The number of halogens is 1. The molecule has 1 fully saturated rings. The second-order valence-corrected chi connectivity index (χ2v) is 8.68. The van der Waals surface area contributed by atoms with Crippen LogP contribution in [0.5, 0.6) is 5.88 Å². The lowest BCUT2D eigenvalue weighted by Gasteiger charge is -2.19. The fraction of sp³-hybridized carbons (Fsp3) is 0.500. The molecule has 2 heterocycles. The fourth-order valence-corrected chi connectivity index (χ4v) is 3.18. The highest BCUT2D eigenvalue weighted by atomic mass is 35.5. The van der Waals surface area contributed by atoms with E-state index < -0.39 is 0 Å². The Hall–Kier alpha value is -2.21. The lowest BCUT2D eigenvalue weighted by Crippen LogP contribution is -2.20. The normalized spacial score (nSPS) is 15.9. The highest BCUT2D eigenvalue weighted by Gasteiger charge is 2.31. The lowest BCUT2D eigenvalue weighted by atomic mass is 9.96. The summed E-state index contributed by atoms with van der Waals surface area (Å²) in [5.74, 6) is 1.84. The summed E-state index contributed by atoms with van der Waals surface area (Å²) in [5, 5.41) is 9.33. The summed E-state index contributed by atoms with van der Waals surface area (Å²) >= 11 is 6.32. The summed E-state index contributed by atoms with van der Waals surface area (Å²) in [4.78, 5) is 9.45. The van der Waals surface area contributed by atoms with Gasteiger partial charge >= 0.3 is 0 Å². The Labute approximate surface area is 163 Å². The number of rotatable bonds is 5. The van der Waals surface area contributed by atoms with Gasteiger partial charge in [-0.1, -0.05) is 55.8 Å². The van der Waals surface area contributed by atoms with Gasteiger partial charge < -0.3 is 4.74 Å². The maximum absolute atomic E-state index is 6.32. The first kappa shape index (κ1) is 18.2. The minimum absolute atomic E-state index is 0.115. The standard InChI is InChI=1S/C20H24ClN5O/c1-12(13-9-10-13)27-18-16-17(22-19(23-18)20(2,3)4)26(25-24-16)11-14-7-5-6-8-15(14)21/h5-8,12-13H,9-11H2,1-4H3. The van der Waals surface area contributed by atoms with Crippen LogP contribution in [0.15, 0.2) is 24.3 Å². The number of fused-ring (bicyclic) bond motifs is 1. The lowest BCUT2D eigenvalue weighted by molar-refractivity contribution is 0.191. The Kier molecular flexibility index (Phi) is 4.54. The minimum Gasteiger partial charge on any atom is -0.473 e. The molecular formula is C20H24ClN5O. The van der Waals surface area contributed by atoms with Crippen LogP contribution in [0, 0.1) is 5.92 Å². The van der Waals surface area contributed by atoms with Crippen molar-refractivity contribution in [1.29, 1.82) is 0 Å². The maximum Gasteiger partial charge on any atom is 0.248 e. The first-order valence-electron chi connectivity index (χ1n) is 9.34. The van der Waals surface area contributed by atoms with Crippen molar-refractivity contribution in [3.8, 4) is 5.88 Å². The van der Waals surface area contributed by atoms with E-state index in [1.54, 1.807) is 4.68 Å². The molecule has 0 saturated heterocycles. The number of nitrogens with zero attached hydrogens (tertiary/aromatic N) is 5. The van der Waals surface area contributed by atoms with Crippen LogP contribution in [0.25, 0.3) is 11.2 Å². The van der Waals surface area contributed by atoms with Gasteiger partial charge in [0.05, 0.1) is 6.54 Å². The predicted molar refractivity (Wildman–Crippen MR) is 105 cm³/mol. The van der Waals surface area contributed by atoms with Gasteiger partial charge in [0, 0.05) is 10.4 Å². The number of hydrogen-bond donors (Lipinski definition) is 0. The van der Waals surface area contributed by atoms with E-state index in [2.05, 4.69) is 43.0 Å². The van der Waals surface area contributed by atoms with E-state index in [0.717, 1.165) is 11.4 Å². The molecule has 1 atom stereocenters. The van der Waals surface area contributed by atoms with E-state index in [4.69, 9.17) is 21.3 Å². The molecule has 3 aromatic rings. The first-order chi connectivity index (χ1) is 12.8. The van der Waals surface area contributed by atoms with Crippen molar-refractivity contribution in [2.24, 2.45) is 5.92 Å². The molecular weight excluding hydrogens is 362 g/mol. The second kappa shape index (κ2) is 6.75. The average molecular weight is 386 g/mol. The van der Waals surface area contributed by atoms with Crippen molar-refractivity contribution in [2.75, 3.05) is 0 Å². The quantitative estimate of drug-likeness (QED) is 0.651. The van der Waals surface area contributed by atoms with Crippen LogP contribution < -0.4 is 4.74 Å². The SMILES string of the molecule is CC(Oc1nc(C(C)(C)C)nc2c1nnn2Cc1ccccc1Cl)C1CC1. The molecule has 0 N–H and O–H groups in total. The minimum atomic E-state index is -0.214. The molecule has 1 unspecified atom stereocenters. The van der Waals surface area contributed by atoms with Gasteiger partial charge in [-0.05, 0) is 37.3 Å². The van der Waals surface area contributed by atoms with Gasteiger partial charge in [-0.3, -0.25) is 0 Å². The highest BCUT2D eigenvalue weighted by Crippen LogP contribution is 2.36. The summed E-state index contributed by atoms with van der Waals surface area (Å²) in [6.45, 7) is 8.85. The van der Waals surface area contributed by atoms with E-state index in [9.17, 15) is 0 Å². The van der Waals surface area contributed by atoms with E-state index >= 15 is 0 Å². The van der Waals surface area contributed by atoms with Gasteiger partial charge in [0.25, 0.3) is 0 Å². The van der Waals surface area contributed by atoms with Crippen LogP contribution >= 0.6 is 11.6 Å². The zero-order valence-electron chi connectivity index (χ0n) is 16.1. The second-order valence-electron chi connectivity index (χ2n) is 8.27. The molecule has 0 spiro atoms. The molecule has 142 valence electrons. The molecule has 1 aliphatic carbocycles. The molecule has 27 heavy (non-hydrogen) atoms. The van der Waals surface area contributed by atoms with Crippen molar-refractivity contribution in [1.82, 2.24) is 25.0 Å². The molecule has 0 amide bonds. The Bertz CT molecular complexity index is 974. The molecule has 1 aliphatic rings. The van der Waals surface area contributed by atoms with Crippen LogP contribution in [-0.4, -0.2) is 31.1 Å². The average Bonchev–Trinajstić information content (AvgIpc) is 3.38. The Morgan fingerprint density at radius 3 is 2.63 bits per heavy atom. The van der Waals surface area contributed by atoms with Crippen LogP contribution in [-0.2, 0) is 12.0 Å². The summed E-state index contributed by atoms with van der Waals surface area (Å²) in [7, 11) is 0. The predicted octanol–water partition coefficient (Wildman–Crippen LogP) is 4.40. The number of hydrogen-bond acceptors (Lipinski definition) is 5. The summed E-state index contributed by atoms with van der Waals surface area (Å²) in [5.41, 5.74) is 2.03. The smallest absolute Gasteiger partial charge is 0.248 e. The number of benzene rings is 1. The molecule has 6 nitrogen and oxygen atoms in total. The summed E-state index contributed by atoms with van der Waals surface area (Å²) in [6.07, 6.45) is 2.53. The Morgan fingerprint density at radius 1 is 1.22 bits per heavy atom. The van der Waals surface area contributed by atoms with E-state index in [1.807, 2.05) is 24.3 Å². The van der Waals surface area contributed by atoms with Gasteiger partial charge in [-0.25, -0.2) is 9.67 Å².